The zero-order valence-corrected chi connectivity index (χ0v) is 10.8. The maximum absolute atomic E-state index is 6.05. The van der Waals surface area contributed by atoms with Gasteiger partial charge in [0, 0.05) is 12.6 Å². The van der Waals surface area contributed by atoms with Crippen LogP contribution in [0.3, 0.4) is 0 Å². The highest BCUT2D eigenvalue weighted by Crippen LogP contribution is 2.26. The Hall–Kier alpha value is -0.840. The third kappa shape index (κ3) is 2.29. The van der Waals surface area contributed by atoms with Crippen LogP contribution >= 0.6 is 11.8 Å². The van der Waals surface area contributed by atoms with Crippen LogP contribution in [0.1, 0.15) is 25.5 Å². The molecule has 1 aliphatic heterocycles. The van der Waals surface area contributed by atoms with Crippen molar-refractivity contribution >= 4 is 23.3 Å². The summed E-state index contributed by atoms with van der Waals surface area (Å²) in [5.74, 6) is 3.50. The predicted molar refractivity (Wildman–Crippen MR) is 71.0 cm³/mol. The van der Waals surface area contributed by atoms with Crippen molar-refractivity contribution in [3.05, 3.63) is 5.69 Å². The third-order valence-corrected chi connectivity index (χ3v) is 4.08. The second-order valence-electron chi connectivity index (χ2n) is 4.19. The van der Waals surface area contributed by atoms with E-state index in [1.54, 1.807) is 0 Å². The van der Waals surface area contributed by atoms with E-state index in [0.29, 0.717) is 6.04 Å². The zero-order chi connectivity index (χ0) is 11.5. The molecule has 1 aromatic heterocycles. The molecule has 0 amide bonds. The molecule has 0 aromatic carbocycles. The van der Waals surface area contributed by atoms with Gasteiger partial charge in [-0.1, -0.05) is 0 Å². The van der Waals surface area contributed by atoms with E-state index in [2.05, 4.69) is 17.3 Å². The van der Waals surface area contributed by atoms with Crippen molar-refractivity contribution in [1.29, 1.82) is 0 Å². The SMILES string of the molecule is CCn1nc(C)c(N)c1NC1CCSCC1. The fourth-order valence-corrected chi connectivity index (χ4v) is 3.12. The highest BCUT2D eigenvalue weighted by Gasteiger charge is 2.18. The lowest BCUT2D eigenvalue weighted by atomic mass is 10.1. The van der Waals surface area contributed by atoms with Gasteiger partial charge in [0.2, 0.25) is 0 Å². The molecule has 16 heavy (non-hydrogen) atoms. The predicted octanol–water partition coefficient (Wildman–Crippen LogP) is 2.10. The Bertz CT molecular complexity index is 355. The van der Waals surface area contributed by atoms with Crippen LogP contribution in [0.5, 0.6) is 0 Å². The quantitative estimate of drug-likeness (QED) is 0.849. The molecule has 2 heterocycles. The second kappa shape index (κ2) is 4.99. The van der Waals surface area contributed by atoms with E-state index in [-0.39, 0.29) is 0 Å². The summed E-state index contributed by atoms with van der Waals surface area (Å²) in [5, 5.41) is 7.97. The molecule has 0 spiro atoms. The summed E-state index contributed by atoms with van der Waals surface area (Å²) in [7, 11) is 0. The first-order chi connectivity index (χ1) is 7.72. The van der Waals surface area contributed by atoms with Gasteiger partial charge in [0.25, 0.3) is 0 Å². The van der Waals surface area contributed by atoms with Gasteiger partial charge in [0.15, 0.2) is 0 Å². The minimum Gasteiger partial charge on any atom is -0.394 e. The lowest BCUT2D eigenvalue weighted by Crippen LogP contribution is -2.26. The van der Waals surface area contributed by atoms with E-state index in [0.717, 1.165) is 23.7 Å². The van der Waals surface area contributed by atoms with Crippen LogP contribution in [0.2, 0.25) is 0 Å². The largest absolute Gasteiger partial charge is 0.394 e. The summed E-state index contributed by atoms with van der Waals surface area (Å²) < 4.78 is 1.96. The molecule has 90 valence electrons. The van der Waals surface area contributed by atoms with Crippen LogP contribution in [0.4, 0.5) is 11.5 Å². The summed E-state index contributed by atoms with van der Waals surface area (Å²) in [6.07, 6.45) is 2.44. The van der Waals surface area contributed by atoms with E-state index in [4.69, 9.17) is 5.73 Å². The average Bonchev–Trinajstić information content (AvgIpc) is 2.58. The minimum absolute atomic E-state index is 0.560. The Kier molecular flexibility index (Phi) is 3.63. The van der Waals surface area contributed by atoms with Crippen LogP contribution in [-0.2, 0) is 6.54 Å². The number of aromatic nitrogens is 2. The smallest absolute Gasteiger partial charge is 0.148 e. The Balaban J connectivity index is 2.12. The highest BCUT2D eigenvalue weighted by molar-refractivity contribution is 7.99. The van der Waals surface area contributed by atoms with E-state index < -0.39 is 0 Å². The van der Waals surface area contributed by atoms with Crippen molar-refractivity contribution in [3.63, 3.8) is 0 Å². The molecule has 0 aliphatic carbocycles. The molecule has 5 heteroatoms. The molecule has 3 N–H and O–H groups in total. The Labute approximate surface area is 101 Å². The fourth-order valence-electron chi connectivity index (χ4n) is 2.01. The average molecular weight is 240 g/mol. The molecule has 1 saturated heterocycles. The van der Waals surface area contributed by atoms with Crippen molar-refractivity contribution in [2.45, 2.75) is 39.3 Å². The zero-order valence-electron chi connectivity index (χ0n) is 9.99. The Morgan fingerprint density at radius 1 is 1.50 bits per heavy atom. The van der Waals surface area contributed by atoms with Gasteiger partial charge in [0.05, 0.1) is 11.4 Å². The molecule has 0 bridgehead atoms. The molecule has 0 unspecified atom stereocenters. The van der Waals surface area contributed by atoms with Gasteiger partial charge in [-0.05, 0) is 38.2 Å². The van der Waals surface area contributed by atoms with Gasteiger partial charge >= 0.3 is 0 Å². The molecular formula is C11H20N4S. The molecular weight excluding hydrogens is 220 g/mol. The summed E-state index contributed by atoms with van der Waals surface area (Å²) in [4.78, 5) is 0. The van der Waals surface area contributed by atoms with Gasteiger partial charge < -0.3 is 11.1 Å². The van der Waals surface area contributed by atoms with Crippen LogP contribution in [0.25, 0.3) is 0 Å². The van der Waals surface area contributed by atoms with Gasteiger partial charge in [-0.2, -0.15) is 16.9 Å². The van der Waals surface area contributed by atoms with E-state index in [1.807, 2.05) is 23.4 Å². The molecule has 1 fully saturated rings. The number of hydrogen-bond acceptors (Lipinski definition) is 4. The number of thioether (sulfide) groups is 1. The van der Waals surface area contributed by atoms with Crippen LogP contribution in [0.15, 0.2) is 0 Å². The topological polar surface area (TPSA) is 55.9 Å². The normalized spacial score (nSPS) is 17.6. The number of hydrogen-bond donors (Lipinski definition) is 2. The molecule has 0 radical (unpaired) electrons. The summed E-state index contributed by atoms with van der Waals surface area (Å²) in [6.45, 7) is 4.92. The van der Waals surface area contributed by atoms with E-state index in [1.165, 1.54) is 24.3 Å². The highest BCUT2D eigenvalue weighted by atomic mass is 32.2. The summed E-state index contributed by atoms with van der Waals surface area (Å²) >= 11 is 2.03. The first-order valence-corrected chi connectivity index (χ1v) is 7.05. The third-order valence-electron chi connectivity index (χ3n) is 3.04. The lowest BCUT2D eigenvalue weighted by Gasteiger charge is -2.24. The molecule has 1 aliphatic rings. The van der Waals surface area contributed by atoms with E-state index in [9.17, 15) is 0 Å². The Morgan fingerprint density at radius 3 is 2.81 bits per heavy atom. The van der Waals surface area contributed by atoms with Crippen molar-refractivity contribution in [1.82, 2.24) is 9.78 Å². The summed E-state index contributed by atoms with van der Waals surface area (Å²) in [6, 6.07) is 0.560. The van der Waals surface area contributed by atoms with Crippen LogP contribution in [0, 0.1) is 6.92 Å². The van der Waals surface area contributed by atoms with Crippen LogP contribution in [-0.4, -0.2) is 27.3 Å². The number of rotatable bonds is 3. The van der Waals surface area contributed by atoms with Crippen molar-refractivity contribution in [2.75, 3.05) is 22.6 Å². The first-order valence-electron chi connectivity index (χ1n) is 5.89. The van der Waals surface area contributed by atoms with Gasteiger partial charge in [-0.25, -0.2) is 4.68 Å². The number of nitrogens with zero attached hydrogens (tertiary/aromatic N) is 2. The molecule has 2 rings (SSSR count). The number of nitrogens with two attached hydrogens (primary N) is 1. The lowest BCUT2D eigenvalue weighted by molar-refractivity contribution is 0.621. The van der Waals surface area contributed by atoms with Crippen molar-refractivity contribution in [3.8, 4) is 0 Å². The van der Waals surface area contributed by atoms with Crippen molar-refractivity contribution in [2.24, 2.45) is 0 Å². The Morgan fingerprint density at radius 2 is 2.19 bits per heavy atom. The maximum atomic E-state index is 6.05. The first kappa shape index (κ1) is 11.6. The molecule has 4 nitrogen and oxygen atoms in total. The maximum Gasteiger partial charge on any atom is 0.148 e. The van der Waals surface area contributed by atoms with Gasteiger partial charge in [-0.15, -0.1) is 0 Å². The molecule has 0 saturated carbocycles. The van der Waals surface area contributed by atoms with Crippen molar-refractivity contribution < 1.29 is 0 Å². The fraction of sp³-hybridized carbons (Fsp3) is 0.727. The number of nitrogen functional groups attached to an aromatic ring is 1. The van der Waals surface area contributed by atoms with Crippen LogP contribution < -0.4 is 11.1 Å². The number of anilines is 2. The van der Waals surface area contributed by atoms with Gasteiger partial charge in [0.1, 0.15) is 5.82 Å². The number of aryl methyl sites for hydroxylation is 2. The van der Waals surface area contributed by atoms with Gasteiger partial charge in [-0.3, -0.25) is 0 Å². The number of nitrogens with one attached hydrogen (secondary N) is 1. The minimum atomic E-state index is 0.560. The van der Waals surface area contributed by atoms with E-state index >= 15 is 0 Å². The summed E-state index contributed by atoms with van der Waals surface area (Å²) in [5.41, 5.74) is 7.78. The standard InChI is InChI=1S/C11H20N4S/c1-3-15-11(10(12)8(2)14-15)13-9-4-6-16-7-5-9/h9,13H,3-7,12H2,1-2H3. The molecule has 1 aromatic rings. The second-order valence-corrected chi connectivity index (χ2v) is 5.42. The monoisotopic (exact) mass is 240 g/mol. The molecule has 0 atom stereocenters.